The van der Waals surface area contributed by atoms with Crippen LogP contribution in [0.3, 0.4) is 0 Å². The van der Waals surface area contributed by atoms with E-state index in [2.05, 4.69) is 65.6 Å². The van der Waals surface area contributed by atoms with Gasteiger partial charge in [0.1, 0.15) is 0 Å². The molecule has 0 spiro atoms. The average Bonchev–Trinajstić information content (AvgIpc) is 2.78. The van der Waals surface area contributed by atoms with Gasteiger partial charge < -0.3 is 0 Å². The molecular weight excluding hydrogens is 356 g/mol. The lowest BCUT2D eigenvalue weighted by Crippen LogP contribution is -2.29. The Morgan fingerprint density at radius 1 is 1.14 bits per heavy atom. The molecule has 29 heavy (non-hydrogen) atoms. The number of anilines is 1. The number of nitrogens with zero attached hydrogens (tertiary/aromatic N) is 4. The summed E-state index contributed by atoms with van der Waals surface area (Å²) in [6, 6.07) is 14.5. The van der Waals surface area contributed by atoms with Gasteiger partial charge in [-0.3, -0.25) is 14.8 Å². The number of aromatic nitrogens is 1. The van der Waals surface area contributed by atoms with E-state index in [0.29, 0.717) is 0 Å². The maximum Gasteiger partial charge on any atom is 0.184 e. The molecule has 0 radical (unpaired) electrons. The minimum atomic E-state index is 0.814. The summed E-state index contributed by atoms with van der Waals surface area (Å²) >= 11 is 0. The molecular formula is C25H28N4. The summed E-state index contributed by atoms with van der Waals surface area (Å²) in [5, 5.41) is 8.91. The Morgan fingerprint density at radius 3 is 2.45 bits per heavy atom. The molecule has 0 unspecified atom stereocenters. The van der Waals surface area contributed by atoms with Crippen LogP contribution in [0.15, 0.2) is 92.2 Å². The first-order chi connectivity index (χ1) is 14.2. The lowest BCUT2D eigenvalue weighted by Gasteiger charge is -2.27. The number of nitriles is 1. The third-order valence-electron chi connectivity index (χ3n) is 4.48. The van der Waals surface area contributed by atoms with Gasteiger partial charge in [-0.2, -0.15) is 5.26 Å². The number of hydrogen-bond donors (Lipinski definition) is 0. The normalized spacial score (nSPS) is 13.6. The fourth-order valence-corrected chi connectivity index (χ4v) is 2.96. The molecule has 0 saturated carbocycles. The molecule has 0 atom stereocenters. The number of hydrogen-bond acceptors (Lipinski definition) is 4. The van der Waals surface area contributed by atoms with Crippen LogP contribution in [0.25, 0.3) is 5.57 Å². The molecule has 0 amide bonds. The molecule has 1 aromatic heterocycles. The van der Waals surface area contributed by atoms with Crippen LogP contribution < -0.4 is 4.90 Å². The van der Waals surface area contributed by atoms with Crippen LogP contribution in [-0.4, -0.2) is 30.0 Å². The van der Waals surface area contributed by atoms with Gasteiger partial charge in [-0.05, 0) is 29.7 Å². The largest absolute Gasteiger partial charge is 0.294 e. The Labute approximate surface area is 174 Å². The van der Waals surface area contributed by atoms with Crippen molar-refractivity contribution in [3.05, 3.63) is 103 Å². The average molecular weight is 385 g/mol. The Balaban J connectivity index is 0.000000438. The fraction of sp³-hybridized carbons (Fsp3) is 0.200. The lowest BCUT2D eigenvalue weighted by molar-refractivity contribution is 0.296. The van der Waals surface area contributed by atoms with Crippen molar-refractivity contribution < 1.29 is 0 Å². The van der Waals surface area contributed by atoms with Gasteiger partial charge in [0.05, 0.1) is 17.6 Å². The first-order valence-corrected chi connectivity index (χ1v) is 9.63. The van der Waals surface area contributed by atoms with Crippen molar-refractivity contribution in [1.29, 1.82) is 5.26 Å². The summed E-state index contributed by atoms with van der Waals surface area (Å²) in [6.45, 7) is 9.88. The van der Waals surface area contributed by atoms with E-state index in [0.717, 1.165) is 37.4 Å². The van der Waals surface area contributed by atoms with Crippen molar-refractivity contribution in [1.82, 2.24) is 9.88 Å². The Bertz CT molecular complexity index is 863. The molecule has 4 nitrogen and oxygen atoms in total. The highest BCUT2D eigenvalue weighted by Gasteiger charge is 2.15. The minimum Gasteiger partial charge on any atom is -0.294 e. The second kappa shape index (κ2) is 12.1. The molecule has 1 aliphatic heterocycles. The van der Waals surface area contributed by atoms with Crippen LogP contribution in [0.1, 0.15) is 17.7 Å². The zero-order valence-electron chi connectivity index (χ0n) is 17.0. The van der Waals surface area contributed by atoms with Crippen molar-refractivity contribution in [3.8, 4) is 6.19 Å². The maximum absolute atomic E-state index is 8.91. The van der Waals surface area contributed by atoms with Gasteiger partial charge in [0.25, 0.3) is 0 Å². The molecule has 4 heteroatoms. The molecule has 0 aliphatic carbocycles. The monoisotopic (exact) mass is 384 g/mol. The van der Waals surface area contributed by atoms with Gasteiger partial charge in [-0.1, -0.05) is 73.9 Å². The van der Waals surface area contributed by atoms with Gasteiger partial charge in [-0.15, -0.1) is 0 Å². The molecule has 3 rings (SSSR count). The van der Waals surface area contributed by atoms with Gasteiger partial charge in [-0.25, -0.2) is 0 Å². The Kier molecular flexibility index (Phi) is 9.14. The summed E-state index contributed by atoms with van der Waals surface area (Å²) < 4.78 is 0. The highest BCUT2D eigenvalue weighted by atomic mass is 15.1. The molecule has 0 fully saturated rings. The summed E-state index contributed by atoms with van der Waals surface area (Å²) in [5.41, 5.74) is 4.41. The van der Waals surface area contributed by atoms with Gasteiger partial charge >= 0.3 is 0 Å². The molecule has 148 valence electrons. The molecule has 1 aromatic carbocycles. The second-order valence-corrected chi connectivity index (χ2v) is 6.63. The zero-order chi connectivity index (χ0) is 20.9. The van der Waals surface area contributed by atoms with Crippen LogP contribution in [0, 0.1) is 11.5 Å². The maximum atomic E-state index is 8.91. The minimum absolute atomic E-state index is 0.814. The van der Waals surface area contributed by atoms with Gasteiger partial charge in [0, 0.05) is 26.7 Å². The Morgan fingerprint density at radius 2 is 1.86 bits per heavy atom. The standard InChI is InChI=1S/C19H20N4.C6H8/c1-22(15-20)18-9-10-19(21-12-18)17-8-5-11-23(14-17)13-16-6-3-2-4-7-16;1-3-5-6-4-2/h2-4,6-10,12H,5,11,13-14H2,1H3;3-6H,1-2H2/b;6-5-. The summed E-state index contributed by atoms with van der Waals surface area (Å²) in [4.78, 5) is 8.48. The van der Waals surface area contributed by atoms with E-state index in [1.165, 1.54) is 16.0 Å². The summed E-state index contributed by atoms with van der Waals surface area (Å²) in [5.74, 6) is 0. The van der Waals surface area contributed by atoms with E-state index in [4.69, 9.17) is 5.26 Å². The van der Waals surface area contributed by atoms with Crippen LogP contribution in [0.4, 0.5) is 5.69 Å². The zero-order valence-corrected chi connectivity index (χ0v) is 17.0. The van der Waals surface area contributed by atoms with E-state index in [1.54, 1.807) is 25.4 Å². The molecule has 2 aromatic rings. The van der Waals surface area contributed by atoms with Crippen LogP contribution in [0.5, 0.6) is 0 Å². The van der Waals surface area contributed by atoms with Gasteiger partial charge in [0.2, 0.25) is 0 Å². The predicted octanol–water partition coefficient (Wildman–Crippen LogP) is 5.20. The second-order valence-electron chi connectivity index (χ2n) is 6.63. The topological polar surface area (TPSA) is 43.2 Å². The summed E-state index contributed by atoms with van der Waals surface area (Å²) in [7, 11) is 1.73. The smallest absolute Gasteiger partial charge is 0.184 e. The highest BCUT2D eigenvalue weighted by molar-refractivity contribution is 5.66. The van der Waals surface area contributed by atoms with Crippen molar-refractivity contribution in [3.63, 3.8) is 0 Å². The molecule has 2 heterocycles. The molecule has 0 N–H and O–H groups in total. The fourth-order valence-electron chi connectivity index (χ4n) is 2.96. The first-order valence-electron chi connectivity index (χ1n) is 9.63. The van der Waals surface area contributed by atoms with E-state index >= 15 is 0 Å². The molecule has 0 bridgehead atoms. The van der Waals surface area contributed by atoms with E-state index in [1.807, 2.05) is 24.3 Å². The van der Waals surface area contributed by atoms with Crippen LogP contribution in [0.2, 0.25) is 0 Å². The van der Waals surface area contributed by atoms with E-state index in [-0.39, 0.29) is 0 Å². The third kappa shape index (κ3) is 7.25. The summed E-state index contributed by atoms with van der Waals surface area (Å²) in [6.07, 6.45) is 14.2. The molecule has 0 saturated heterocycles. The lowest BCUT2D eigenvalue weighted by atomic mass is 10.0. The number of pyridine rings is 1. The van der Waals surface area contributed by atoms with Crippen molar-refractivity contribution in [2.45, 2.75) is 13.0 Å². The van der Waals surface area contributed by atoms with Crippen LogP contribution >= 0.6 is 0 Å². The highest BCUT2D eigenvalue weighted by Crippen LogP contribution is 2.22. The Hall–Kier alpha value is -3.42. The van der Waals surface area contributed by atoms with E-state index < -0.39 is 0 Å². The van der Waals surface area contributed by atoms with Crippen LogP contribution in [-0.2, 0) is 6.54 Å². The first kappa shape index (κ1) is 21.9. The number of rotatable bonds is 6. The predicted molar refractivity (Wildman–Crippen MR) is 122 cm³/mol. The van der Waals surface area contributed by atoms with Crippen molar-refractivity contribution in [2.24, 2.45) is 0 Å². The quantitative estimate of drug-likeness (QED) is 0.390. The van der Waals surface area contributed by atoms with Crippen molar-refractivity contribution >= 4 is 11.3 Å². The van der Waals surface area contributed by atoms with E-state index in [9.17, 15) is 0 Å². The SMILES string of the molecule is C=C/C=C\C=C.CN(C#N)c1ccc(C2=CCCN(Cc3ccccc3)C2)nc1. The van der Waals surface area contributed by atoms with Gasteiger partial charge in [0.15, 0.2) is 6.19 Å². The molecule has 1 aliphatic rings. The number of benzene rings is 1. The van der Waals surface area contributed by atoms with Crippen molar-refractivity contribution in [2.75, 3.05) is 25.0 Å². The number of allylic oxidation sites excluding steroid dienone is 4. The third-order valence-corrected chi connectivity index (χ3v) is 4.48.